The van der Waals surface area contributed by atoms with Crippen LogP contribution < -0.4 is 10.0 Å². The van der Waals surface area contributed by atoms with Crippen molar-refractivity contribution in [1.82, 2.24) is 10.3 Å². The highest BCUT2D eigenvalue weighted by Crippen LogP contribution is 2.23. The van der Waals surface area contributed by atoms with Gasteiger partial charge in [0.15, 0.2) is 0 Å². The first-order valence-corrected chi connectivity index (χ1v) is 8.66. The summed E-state index contributed by atoms with van der Waals surface area (Å²) in [5.74, 6) is 0. The number of halogens is 1. The normalized spacial score (nSPS) is 11.3. The molecule has 0 bridgehead atoms. The Labute approximate surface area is 133 Å². The SMILES string of the molecule is CNCCc1ccc(S(=O)(=O)Nc2ccncc2Br)cc1. The van der Waals surface area contributed by atoms with Crippen LogP contribution >= 0.6 is 15.9 Å². The van der Waals surface area contributed by atoms with E-state index in [4.69, 9.17) is 0 Å². The summed E-state index contributed by atoms with van der Waals surface area (Å²) in [7, 11) is -1.71. The molecule has 0 amide bonds. The third-order valence-electron chi connectivity index (χ3n) is 2.91. The van der Waals surface area contributed by atoms with Gasteiger partial charge in [-0.05, 0) is 59.7 Å². The molecule has 0 atom stereocenters. The number of nitrogens with one attached hydrogen (secondary N) is 2. The molecule has 2 aromatic rings. The van der Waals surface area contributed by atoms with Gasteiger partial charge in [-0.1, -0.05) is 12.1 Å². The molecule has 0 saturated carbocycles. The molecule has 2 rings (SSSR count). The van der Waals surface area contributed by atoms with E-state index in [1.165, 1.54) is 6.20 Å². The summed E-state index contributed by atoms with van der Waals surface area (Å²) >= 11 is 3.27. The standard InChI is InChI=1S/C14H16BrN3O2S/c1-16-8-6-11-2-4-12(5-3-11)21(19,20)18-14-7-9-17-10-13(14)15/h2-5,7,9-10,16H,6,8H2,1H3,(H,17,18). The minimum Gasteiger partial charge on any atom is -0.319 e. The molecule has 0 spiro atoms. The molecule has 1 heterocycles. The van der Waals surface area contributed by atoms with E-state index in [0.717, 1.165) is 18.5 Å². The molecule has 0 aliphatic rings. The number of hydrogen-bond acceptors (Lipinski definition) is 4. The number of sulfonamides is 1. The van der Waals surface area contributed by atoms with Crippen molar-refractivity contribution >= 4 is 31.6 Å². The first kappa shape index (κ1) is 15.9. The second-order valence-electron chi connectivity index (χ2n) is 4.46. The summed E-state index contributed by atoms with van der Waals surface area (Å²) < 4.78 is 27.8. The zero-order chi connectivity index (χ0) is 15.3. The van der Waals surface area contributed by atoms with Crippen molar-refractivity contribution in [3.05, 3.63) is 52.8 Å². The largest absolute Gasteiger partial charge is 0.319 e. The number of rotatable bonds is 6. The van der Waals surface area contributed by atoms with E-state index < -0.39 is 10.0 Å². The summed E-state index contributed by atoms with van der Waals surface area (Å²) in [5.41, 5.74) is 1.55. The molecule has 0 radical (unpaired) electrons. The summed E-state index contributed by atoms with van der Waals surface area (Å²) in [6.07, 6.45) is 3.93. The molecule has 5 nitrogen and oxygen atoms in total. The lowest BCUT2D eigenvalue weighted by Crippen LogP contribution is -2.14. The average molecular weight is 370 g/mol. The number of pyridine rings is 1. The number of likely N-dealkylation sites (N-methyl/N-ethyl adjacent to an activating group) is 1. The minimum absolute atomic E-state index is 0.236. The summed E-state index contributed by atoms with van der Waals surface area (Å²) in [6, 6.07) is 8.48. The lowest BCUT2D eigenvalue weighted by molar-refractivity contribution is 0.601. The summed E-state index contributed by atoms with van der Waals surface area (Å²) in [5, 5.41) is 3.06. The lowest BCUT2D eigenvalue weighted by Gasteiger charge is -2.10. The zero-order valence-corrected chi connectivity index (χ0v) is 13.9. The Bertz CT molecular complexity index is 702. The van der Waals surface area contributed by atoms with Gasteiger partial charge in [-0.2, -0.15) is 0 Å². The fourth-order valence-corrected chi connectivity index (χ4v) is 3.33. The van der Waals surface area contributed by atoms with E-state index in [-0.39, 0.29) is 4.90 Å². The van der Waals surface area contributed by atoms with Crippen molar-refractivity contribution in [3.8, 4) is 0 Å². The van der Waals surface area contributed by atoms with Gasteiger partial charge in [0.05, 0.1) is 15.1 Å². The van der Waals surface area contributed by atoms with Crippen molar-refractivity contribution in [1.29, 1.82) is 0 Å². The predicted octanol–water partition coefficient (Wildman–Crippen LogP) is 2.41. The van der Waals surface area contributed by atoms with Gasteiger partial charge in [0.2, 0.25) is 0 Å². The Morgan fingerprint density at radius 2 is 1.90 bits per heavy atom. The molecule has 21 heavy (non-hydrogen) atoms. The fraction of sp³-hybridized carbons (Fsp3) is 0.214. The maximum absolute atomic E-state index is 12.3. The van der Waals surface area contributed by atoms with Gasteiger partial charge in [-0.3, -0.25) is 9.71 Å². The van der Waals surface area contributed by atoms with Crippen LogP contribution in [0.1, 0.15) is 5.56 Å². The summed E-state index contributed by atoms with van der Waals surface area (Å²) in [4.78, 5) is 4.14. The molecule has 1 aromatic heterocycles. The van der Waals surface area contributed by atoms with Gasteiger partial charge in [0.25, 0.3) is 10.0 Å². The number of aromatic nitrogens is 1. The van der Waals surface area contributed by atoms with Crippen LogP contribution in [0.2, 0.25) is 0 Å². The molecule has 0 unspecified atom stereocenters. The molecule has 1 aromatic carbocycles. The fourth-order valence-electron chi connectivity index (χ4n) is 1.77. The number of benzene rings is 1. The van der Waals surface area contributed by atoms with Crippen LogP contribution in [0.3, 0.4) is 0 Å². The topological polar surface area (TPSA) is 71.1 Å². The molecule has 2 N–H and O–H groups in total. The Morgan fingerprint density at radius 1 is 1.19 bits per heavy atom. The van der Waals surface area contributed by atoms with E-state index in [2.05, 4.69) is 31.0 Å². The van der Waals surface area contributed by atoms with Gasteiger partial charge < -0.3 is 5.32 Å². The Morgan fingerprint density at radius 3 is 2.52 bits per heavy atom. The molecule has 0 fully saturated rings. The van der Waals surface area contributed by atoms with Crippen LogP contribution in [0.15, 0.2) is 52.1 Å². The predicted molar refractivity (Wildman–Crippen MR) is 86.8 cm³/mol. The molecule has 0 aliphatic heterocycles. The number of hydrogen-bond donors (Lipinski definition) is 2. The number of anilines is 1. The number of nitrogens with zero attached hydrogens (tertiary/aromatic N) is 1. The molecule has 7 heteroatoms. The van der Waals surface area contributed by atoms with Crippen LogP contribution in [-0.4, -0.2) is 27.0 Å². The average Bonchev–Trinajstić information content (AvgIpc) is 2.48. The first-order valence-electron chi connectivity index (χ1n) is 6.39. The van der Waals surface area contributed by atoms with E-state index in [1.54, 1.807) is 24.4 Å². The van der Waals surface area contributed by atoms with Crippen LogP contribution in [0, 0.1) is 0 Å². The Kier molecular flexibility index (Phi) is 5.33. The Hall–Kier alpha value is -1.44. The smallest absolute Gasteiger partial charge is 0.261 e. The van der Waals surface area contributed by atoms with Crippen molar-refractivity contribution < 1.29 is 8.42 Å². The summed E-state index contributed by atoms with van der Waals surface area (Å²) in [6.45, 7) is 0.855. The van der Waals surface area contributed by atoms with Crippen molar-refractivity contribution in [3.63, 3.8) is 0 Å². The van der Waals surface area contributed by atoms with Crippen molar-refractivity contribution in [2.24, 2.45) is 0 Å². The third kappa shape index (κ3) is 4.26. The molecule has 0 aliphatic carbocycles. The van der Waals surface area contributed by atoms with E-state index in [1.807, 2.05) is 19.2 Å². The highest BCUT2D eigenvalue weighted by Gasteiger charge is 2.15. The maximum Gasteiger partial charge on any atom is 0.261 e. The molecule has 0 saturated heterocycles. The second kappa shape index (κ2) is 7.02. The van der Waals surface area contributed by atoms with Crippen molar-refractivity contribution in [2.75, 3.05) is 18.3 Å². The minimum atomic E-state index is -3.60. The molecular formula is C14H16BrN3O2S. The van der Waals surface area contributed by atoms with Gasteiger partial charge in [-0.25, -0.2) is 8.42 Å². The Balaban J connectivity index is 2.18. The highest BCUT2D eigenvalue weighted by atomic mass is 79.9. The van der Waals surface area contributed by atoms with Crippen LogP contribution in [0.4, 0.5) is 5.69 Å². The molecule has 112 valence electrons. The molecular weight excluding hydrogens is 354 g/mol. The van der Waals surface area contributed by atoms with Crippen LogP contribution in [-0.2, 0) is 16.4 Å². The lowest BCUT2D eigenvalue weighted by atomic mass is 10.1. The van der Waals surface area contributed by atoms with E-state index in [0.29, 0.717) is 10.2 Å². The zero-order valence-electron chi connectivity index (χ0n) is 11.5. The first-order chi connectivity index (χ1) is 10.0. The maximum atomic E-state index is 12.3. The van der Waals surface area contributed by atoms with E-state index >= 15 is 0 Å². The van der Waals surface area contributed by atoms with Crippen molar-refractivity contribution in [2.45, 2.75) is 11.3 Å². The van der Waals surface area contributed by atoms with Gasteiger partial charge in [-0.15, -0.1) is 0 Å². The third-order valence-corrected chi connectivity index (χ3v) is 4.93. The van der Waals surface area contributed by atoms with Gasteiger partial charge in [0.1, 0.15) is 0 Å². The highest BCUT2D eigenvalue weighted by molar-refractivity contribution is 9.10. The van der Waals surface area contributed by atoms with Gasteiger partial charge >= 0.3 is 0 Å². The second-order valence-corrected chi connectivity index (χ2v) is 7.00. The van der Waals surface area contributed by atoms with Gasteiger partial charge in [0, 0.05) is 12.4 Å². The monoisotopic (exact) mass is 369 g/mol. The quantitative estimate of drug-likeness (QED) is 0.819. The van der Waals surface area contributed by atoms with Crippen LogP contribution in [0.5, 0.6) is 0 Å². The van der Waals surface area contributed by atoms with E-state index in [9.17, 15) is 8.42 Å². The van der Waals surface area contributed by atoms with Crippen LogP contribution in [0.25, 0.3) is 0 Å².